The molecule has 0 radical (unpaired) electrons. The van der Waals surface area contributed by atoms with Gasteiger partial charge in [-0.05, 0) is 79.9 Å². The number of rotatable bonds is 3. The van der Waals surface area contributed by atoms with Crippen LogP contribution in [0.1, 0.15) is 36.4 Å². The first-order valence-electron chi connectivity index (χ1n) is 9.27. The SMILES string of the molecule is Cc1cc(-n2cccc2)ccc1-c1ccc(C2CCCCN2C)cc1. The van der Waals surface area contributed by atoms with Gasteiger partial charge in [-0.25, -0.2) is 0 Å². The summed E-state index contributed by atoms with van der Waals surface area (Å²) in [4.78, 5) is 2.50. The minimum absolute atomic E-state index is 0.583. The minimum Gasteiger partial charge on any atom is -0.324 e. The Morgan fingerprint density at radius 2 is 1.68 bits per heavy atom. The summed E-state index contributed by atoms with van der Waals surface area (Å²) in [6.07, 6.45) is 8.13. The number of nitrogens with zero attached hydrogens (tertiary/aromatic N) is 2. The van der Waals surface area contributed by atoms with Crippen LogP contribution in [0.25, 0.3) is 16.8 Å². The van der Waals surface area contributed by atoms with Crippen LogP contribution in [0.15, 0.2) is 67.0 Å². The molecule has 0 saturated carbocycles. The zero-order valence-corrected chi connectivity index (χ0v) is 15.2. The molecule has 1 aliphatic rings. The monoisotopic (exact) mass is 330 g/mol. The van der Waals surface area contributed by atoms with Crippen LogP contribution in [0.4, 0.5) is 0 Å². The van der Waals surface area contributed by atoms with Gasteiger partial charge in [-0.15, -0.1) is 0 Å². The van der Waals surface area contributed by atoms with Gasteiger partial charge in [0.2, 0.25) is 0 Å². The van der Waals surface area contributed by atoms with Gasteiger partial charge in [-0.3, -0.25) is 4.90 Å². The molecule has 2 nitrogen and oxygen atoms in total. The second kappa shape index (κ2) is 6.89. The summed E-state index contributed by atoms with van der Waals surface area (Å²) < 4.78 is 2.15. The van der Waals surface area contributed by atoms with Gasteiger partial charge in [0.15, 0.2) is 0 Å². The maximum atomic E-state index is 2.50. The Balaban J connectivity index is 1.60. The highest BCUT2D eigenvalue weighted by molar-refractivity contribution is 5.69. The number of aromatic nitrogens is 1. The van der Waals surface area contributed by atoms with Crippen molar-refractivity contribution in [1.29, 1.82) is 0 Å². The molecule has 1 atom stereocenters. The van der Waals surface area contributed by atoms with Crippen molar-refractivity contribution in [2.45, 2.75) is 32.2 Å². The third-order valence-electron chi connectivity index (χ3n) is 5.49. The minimum atomic E-state index is 0.583. The maximum absolute atomic E-state index is 2.50. The fourth-order valence-corrected chi connectivity index (χ4v) is 4.02. The summed E-state index contributed by atoms with van der Waals surface area (Å²) in [5.41, 5.74) is 6.60. The van der Waals surface area contributed by atoms with E-state index in [2.05, 4.69) is 90.4 Å². The topological polar surface area (TPSA) is 8.17 Å². The van der Waals surface area contributed by atoms with E-state index < -0.39 is 0 Å². The molecule has 4 rings (SSSR count). The van der Waals surface area contributed by atoms with Gasteiger partial charge >= 0.3 is 0 Å². The van der Waals surface area contributed by atoms with Crippen molar-refractivity contribution >= 4 is 0 Å². The molecule has 1 aliphatic heterocycles. The van der Waals surface area contributed by atoms with Crippen LogP contribution in [0.5, 0.6) is 0 Å². The Bertz CT molecular complexity index is 831. The Morgan fingerprint density at radius 3 is 2.36 bits per heavy atom. The summed E-state index contributed by atoms with van der Waals surface area (Å²) in [7, 11) is 2.25. The van der Waals surface area contributed by atoms with Crippen molar-refractivity contribution in [1.82, 2.24) is 9.47 Å². The summed E-state index contributed by atoms with van der Waals surface area (Å²) in [6.45, 7) is 3.41. The van der Waals surface area contributed by atoms with Gasteiger partial charge in [0, 0.05) is 24.1 Å². The van der Waals surface area contributed by atoms with Gasteiger partial charge in [0.1, 0.15) is 0 Å². The number of hydrogen-bond donors (Lipinski definition) is 0. The predicted octanol–water partition coefficient (Wildman–Crippen LogP) is 5.61. The highest BCUT2D eigenvalue weighted by atomic mass is 15.1. The van der Waals surface area contributed by atoms with Gasteiger partial charge < -0.3 is 4.57 Å². The van der Waals surface area contributed by atoms with Gasteiger partial charge in [-0.2, -0.15) is 0 Å². The van der Waals surface area contributed by atoms with Gasteiger partial charge in [0.25, 0.3) is 0 Å². The number of likely N-dealkylation sites (tertiary alicyclic amines) is 1. The molecular weight excluding hydrogens is 304 g/mol. The van der Waals surface area contributed by atoms with Crippen molar-refractivity contribution in [3.63, 3.8) is 0 Å². The molecule has 25 heavy (non-hydrogen) atoms. The lowest BCUT2D eigenvalue weighted by Crippen LogP contribution is -2.29. The first kappa shape index (κ1) is 16.2. The lowest BCUT2D eigenvalue weighted by Gasteiger charge is -2.32. The van der Waals surface area contributed by atoms with Crippen LogP contribution in [0.2, 0.25) is 0 Å². The molecule has 0 aliphatic carbocycles. The predicted molar refractivity (Wildman–Crippen MR) is 105 cm³/mol. The normalized spacial score (nSPS) is 18.4. The molecule has 1 unspecified atom stereocenters. The maximum Gasteiger partial charge on any atom is 0.0452 e. The van der Waals surface area contributed by atoms with E-state index in [-0.39, 0.29) is 0 Å². The molecule has 0 N–H and O–H groups in total. The lowest BCUT2D eigenvalue weighted by atomic mass is 9.93. The molecule has 0 bridgehead atoms. The van der Waals surface area contributed by atoms with E-state index in [4.69, 9.17) is 0 Å². The van der Waals surface area contributed by atoms with Crippen molar-refractivity contribution in [2.24, 2.45) is 0 Å². The zero-order valence-electron chi connectivity index (χ0n) is 15.2. The molecule has 0 amide bonds. The lowest BCUT2D eigenvalue weighted by molar-refractivity contribution is 0.187. The molecule has 1 saturated heterocycles. The average molecular weight is 330 g/mol. The van der Waals surface area contributed by atoms with Gasteiger partial charge in [0.05, 0.1) is 0 Å². The van der Waals surface area contributed by atoms with E-state index in [1.54, 1.807) is 0 Å². The largest absolute Gasteiger partial charge is 0.324 e. The Morgan fingerprint density at radius 1 is 0.920 bits per heavy atom. The van der Waals surface area contributed by atoms with Crippen LogP contribution in [-0.2, 0) is 0 Å². The molecular formula is C23H26N2. The molecule has 3 aromatic rings. The van der Waals surface area contributed by atoms with E-state index in [0.29, 0.717) is 6.04 Å². The fourth-order valence-electron chi connectivity index (χ4n) is 4.02. The molecule has 2 heteroatoms. The Hall–Kier alpha value is -2.32. The number of piperidine rings is 1. The highest BCUT2D eigenvalue weighted by Crippen LogP contribution is 2.32. The standard InChI is InChI=1S/C23H26N2/c1-18-17-21(25-15-5-6-16-25)12-13-22(18)19-8-10-20(11-9-19)23-7-3-4-14-24(23)2/h5-6,8-13,15-17,23H,3-4,7,14H2,1-2H3. The molecule has 1 fully saturated rings. The first-order chi connectivity index (χ1) is 12.2. The molecule has 128 valence electrons. The molecule has 0 spiro atoms. The second-order valence-electron chi connectivity index (χ2n) is 7.20. The van der Waals surface area contributed by atoms with Crippen LogP contribution in [0.3, 0.4) is 0 Å². The van der Waals surface area contributed by atoms with Crippen LogP contribution in [0, 0.1) is 6.92 Å². The summed E-state index contributed by atoms with van der Waals surface area (Å²) in [5.74, 6) is 0. The van der Waals surface area contributed by atoms with Crippen LogP contribution < -0.4 is 0 Å². The number of aryl methyl sites for hydroxylation is 1. The molecule has 1 aromatic heterocycles. The molecule has 2 aromatic carbocycles. The van der Waals surface area contributed by atoms with E-state index in [1.807, 2.05) is 0 Å². The van der Waals surface area contributed by atoms with E-state index in [1.165, 1.54) is 53.7 Å². The van der Waals surface area contributed by atoms with Crippen molar-refractivity contribution in [3.8, 4) is 16.8 Å². The summed E-state index contributed by atoms with van der Waals surface area (Å²) >= 11 is 0. The van der Waals surface area contributed by atoms with Crippen LogP contribution >= 0.6 is 0 Å². The van der Waals surface area contributed by atoms with E-state index in [0.717, 1.165) is 0 Å². The number of benzene rings is 2. The average Bonchev–Trinajstić information content (AvgIpc) is 3.17. The smallest absolute Gasteiger partial charge is 0.0452 e. The zero-order chi connectivity index (χ0) is 17.2. The fraction of sp³-hybridized carbons (Fsp3) is 0.304. The van der Waals surface area contributed by atoms with Crippen molar-refractivity contribution < 1.29 is 0 Å². The second-order valence-corrected chi connectivity index (χ2v) is 7.20. The third kappa shape index (κ3) is 3.27. The van der Waals surface area contributed by atoms with E-state index in [9.17, 15) is 0 Å². The van der Waals surface area contributed by atoms with Gasteiger partial charge in [-0.1, -0.05) is 36.8 Å². The Labute approximate surface area is 150 Å². The quantitative estimate of drug-likeness (QED) is 0.606. The van der Waals surface area contributed by atoms with Crippen LogP contribution in [-0.4, -0.2) is 23.1 Å². The highest BCUT2D eigenvalue weighted by Gasteiger charge is 2.20. The van der Waals surface area contributed by atoms with Crippen molar-refractivity contribution in [3.05, 3.63) is 78.1 Å². The number of hydrogen-bond acceptors (Lipinski definition) is 1. The summed E-state index contributed by atoms with van der Waals surface area (Å²) in [6, 6.07) is 20.6. The van der Waals surface area contributed by atoms with E-state index >= 15 is 0 Å². The summed E-state index contributed by atoms with van der Waals surface area (Å²) in [5, 5.41) is 0. The van der Waals surface area contributed by atoms with Crippen molar-refractivity contribution in [2.75, 3.05) is 13.6 Å². The first-order valence-corrected chi connectivity index (χ1v) is 9.27. The third-order valence-corrected chi connectivity index (χ3v) is 5.49. The molecule has 2 heterocycles. The Kier molecular flexibility index (Phi) is 4.46.